The van der Waals surface area contributed by atoms with Crippen LogP contribution < -0.4 is 5.73 Å². The van der Waals surface area contributed by atoms with Crippen molar-refractivity contribution < 1.29 is 14.3 Å². The fourth-order valence-corrected chi connectivity index (χ4v) is 3.18. The van der Waals surface area contributed by atoms with E-state index in [1.54, 1.807) is 24.4 Å². The minimum Gasteiger partial charge on any atom is -0.465 e. The van der Waals surface area contributed by atoms with E-state index in [9.17, 15) is 9.59 Å². The molecule has 3 aromatic rings. The number of esters is 1. The molecule has 2 aromatic heterocycles. The number of aromatic amines is 1. The smallest absolute Gasteiger partial charge is 0.337 e. The van der Waals surface area contributed by atoms with Crippen molar-refractivity contribution in [3.8, 4) is 0 Å². The zero-order valence-electron chi connectivity index (χ0n) is 12.8. The van der Waals surface area contributed by atoms with Crippen molar-refractivity contribution in [3.05, 3.63) is 59.1 Å². The number of nitrogens with two attached hydrogens (primary N) is 1. The molecule has 120 valence electrons. The van der Waals surface area contributed by atoms with Crippen molar-refractivity contribution in [2.45, 2.75) is 5.92 Å². The molecule has 1 amide bonds. The highest BCUT2D eigenvalue weighted by atomic mass is 16.5. The van der Waals surface area contributed by atoms with Crippen LogP contribution in [0.4, 0.5) is 4.79 Å². The summed E-state index contributed by atoms with van der Waals surface area (Å²) < 4.78 is 6.20. The summed E-state index contributed by atoms with van der Waals surface area (Å²) >= 11 is 0. The summed E-state index contributed by atoms with van der Waals surface area (Å²) in [4.78, 5) is 23.7. The molecule has 0 spiro atoms. The third kappa shape index (κ3) is 1.95. The van der Waals surface area contributed by atoms with Crippen molar-refractivity contribution >= 4 is 29.0 Å². The van der Waals surface area contributed by atoms with Crippen molar-refractivity contribution in [2.24, 2.45) is 5.73 Å². The Morgan fingerprint density at radius 3 is 2.92 bits per heavy atom. The number of ether oxygens (including phenoxy) is 1. The lowest BCUT2D eigenvalue weighted by Gasteiger charge is -2.11. The predicted molar refractivity (Wildman–Crippen MR) is 87.7 cm³/mol. The van der Waals surface area contributed by atoms with Crippen LogP contribution in [0.2, 0.25) is 0 Å². The van der Waals surface area contributed by atoms with Gasteiger partial charge in [-0.25, -0.2) is 9.59 Å². The molecule has 0 saturated heterocycles. The van der Waals surface area contributed by atoms with Crippen LogP contribution in [0.25, 0.3) is 17.0 Å². The Morgan fingerprint density at radius 2 is 2.17 bits per heavy atom. The van der Waals surface area contributed by atoms with Gasteiger partial charge in [-0.2, -0.15) is 5.10 Å². The summed E-state index contributed by atoms with van der Waals surface area (Å²) in [5, 5.41) is 7.82. The topological polar surface area (TPSA) is 103 Å². The van der Waals surface area contributed by atoms with Crippen molar-refractivity contribution in [1.82, 2.24) is 14.8 Å². The second kappa shape index (κ2) is 5.09. The predicted octanol–water partition coefficient (Wildman–Crippen LogP) is 2.24. The molecule has 7 nitrogen and oxygen atoms in total. The van der Waals surface area contributed by atoms with Gasteiger partial charge in [-0.15, -0.1) is 0 Å². The van der Waals surface area contributed by atoms with Crippen LogP contribution in [0, 0.1) is 0 Å². The van der Waals surface area contributed by atoms with E-state index in [0.29, 0.717) is 16.8 Å². The van der Waals surface area contributed by atoms with E-state index in [-0.39, 0.29) is 5.92 Å². The van der Waals surface area contributed by atoms with Crippen molar-refractivity contribution in [3.63, 3.8) is 0 Å². The zero-order chi connectivity index (χ0) is 16.8. The third-order valence-corrected chi connectivity index (χ3v) is 4.25. The maximum absolute atomic E-state index is 12.0. The van der Waals surface area contributed by atoms with Gasteiger partial charge in [0.2, 0.25) is 0 Å². The fraction of sp³-hybridized carbons (Fsp3) is 0.118. The highest BCUT2D eigenvalue weighted by Gasteiger charge is 2.27. The number of primary amides is 1. The van der Waals surface area contributed by atoms with Gasteiger partial charge in [0.05, 0.1) is 29.8 Å². The molecule has 0 saturated carbocycles. The van der Waals surface area contributed by atoms with Gasteiger partial charge in [0.25, 0.3) is 0 Å². The Labute approximate surface area is 136 Å². The molecule has 0 fully saturated rings. The number of rotatable bonds is 2. The minimum atomic E-state index is -0.580. The summed E-state index contributed by atoms with van der Waals surface area (Å²) in [6, 6.07) is 6.27. The number of nitrogens with zero attached hydrogens (tertiary/aromatic N) is 2. The summed E-state index contributed by atoms with van der Waals surface area (Å²) in [6.07, 6.45) is 5.73. The second-order valence-electron chi connectivity index (χ2n) is 5.57. The van der Waals surface area contributed by atoms with Crippen molar-refractivity contribution in [1.29, 1.82) is 0 Å². The van der Waals surface area contributed by atoms with Gasteiger partial charge in [-0.3, -0.25) is 9.67 Å². The molecular weight excluding hydrogens is 308 g/mol. The number of H-pyrrole nitrogens is 1. The van der Waals surface area contributed by atoms with E-state index < -0.39 is 12.0 Å². The zero-order valence-corrected chi connectivity index (χ0v) is 12.8. The molecule has 0 radical (unpaired) electrons. The van der Waals surface area contributed by atoms with Crippen LogP contribution in [0.1, 0.15) is 33.2 Å². The number of aromatic nitrogens is 3. The first kappa shape index (κ1) is 14.3. The van der Waals surface area contributed by atoms with Gasteiger partial charge < -0.3 is 10.5 Å². The van der Waals surface area contributed by atoms with Crippen LogP contribution in [-0.2, 0) is 4.74 Å². The van der Waals surface area contributed by atoms with E-state index in [1.807, 2.05) is 18.2 Å². The van der Waals surface area contributed by atoms with E-state index in [1.165, 1.54) is 11.7 Å². The summed E-state index contributed by atoms with van der Waals surface area (Å²) in [5.41, 5.74) is 9.18. The van der Waals surface area contributed by atoms with Crippen LogP contribution in [-0.4, -0.2) is 33.9 Å². The van der Waals surface area contributed by atoms with Crippen LogP contribution in [0.3, 0.4) is 0 Å². The van der Waals surface area contributed by atoms with E-state index >= 15 is 0 Å². The molecule has 24 heavy (non-hydrogen) atoms. The summed E-state index contributed by atoms with van der Waals surface area (Å²) in [7, 11) is 1.33. The number of amides is 1. The van der Waals surface area contributed by atoms with Crippen LogP contribution in [0.15, 0.2) is 36.5 Å². The molecule has 0 bridgehead atoms. The molecule has 4 rings (SSSR count). The average molecular weight is 322 g/mol. The molecule has 2 heterocycles. The Morgan fingerprint density at radius 1 is 1.33 bits per heavy atom. The fourth-order valence-electron chi connectivity index (χ4n) is 3.18. The van der Waals surface area contributed by atoms with Crippen LogP contribution in [0.5, 0.6) is 0 Å². The molecular formula is C17H14N4O3. The van der Waals surface area contributed by atoms with Gasteiger partial charge in [0.1, 0.15) is 0 Å². The first-order valence-corrected chi connectivity index (χ1v) is 7.35. The number of hydrogen-bond donors (Lipinski definition) is 2. The van der Waals surface area contributed by atoms with Gasteiger partial charge in [-0.1, -0.05) is 12.2 Å². The first-order valence-electron chi connectivity index (χ1n) is 7.35. The van der Waals surface area contributed by atoms with Crippen molar-refractivity contribution in [2.75, 3.05) is 7.11 Å². The van der Waals surface area contributed by atoms with Gasteiger partial charge in [0, 0.05) is 22.8 Å². The molecule has 7 heteroatoms. The van der Waals surface area contributed by atoms with Gasteiger partial charge >= 0.3 is 12.0 Å². The summed E-state index contributed by atoms with van der Waals surface area (Å²) in [5.74, 6) is -0.603. The molecule has 0 aliphatic heterocycles. The lowest BCUT2D eigenvalue weighted by molar-refractivity contribution is 0.0601. The maximum atomic E-state index is 12.0. The molecule has 1 unspecified atom stereocenters. The Bertz CT molecular complexity index is 1010. The quantitative estimate of drug-likeness (QED) is 0.706. The average Bonchev–Trinajstić information content (AvgIpc) is 3.25. The first-order chi connectivity index (χ1) is 11.6. The summed E-state index contributed by atoms with van der Waals surface area (Å²) in [6.45, 7) is 0. The monoisotopic (exact) mass is 322 g/mol. The van der Waals surface area contributed by atoms with Gasteiger partial charge in [0.15, 0.2) is 0 Å². The molecule has 1 aliphatic rings. The Hall–Kier alpha value is -3.35. The second-order valence-corrected chi connectivity index (χ2v) is 5.57. The maximum Gasteiger partial charge on any atom is 0.337 e. The highest BCUT2D eigenvalue weighted by Crippen LogP contribution is 2.36. The third-order valence-electron chi connectivity index (χ3n) is 4.25. The molecule has 3 N–H and O–H groups in total. The van der Waals surface area contributed by atoms with Gasteiger partial charge in [-0.05, 0) is 24.3 Å². The van der Waals surface area contributed by atoms with Crippen LogP contribution >= 0.6 is 0 Å². The standard InChI is InChI=1S/C17H14N4O3/c1-24-16(22)9-3-5-13-11(6-9)7-14(21(13)17(18)23)12-4-2-10-8-19-20-15(10)12/h2-8,12H,1H3,(H2,18,23)(H,19,20). The van der Waals surface area contributed by atoms with E-state index in [0.717, 1.165) is 16.6 Å². The van der Waals surface area contributed by atoms with E-state index in [4.69, 9.17) is 10.5 Å². The number of carbonyl (C=O) groups excluding carboxylic acids is 2. The lowest BCUT2D eigenvalue weighted by Crippen LogP contribution is -2.22. The Kier molecular flexibility index (Phi) is 3.02. The number of allylic oxidation sites excluding steroid dienone is 1. The number of carbonyl (C=O) groups is 2. The molecule has 1 aliphatic carbocycles. The number of hydrogen-bond acceptors (Lipinski definition) is 4. The Balaban J connectivity index is 1.92. The largest absolute Gasteiger partial charge is 0.465 e. The molecule has 1 aromatic carbocycles. The normalized spacial score (nSPS) is 15.6. The molecule has 1 atom stereocenters. The van der Waals surface area contributed by atoms with E-state index in [2.05, 4.69) is 10.2 Å². The number of fused-ring (bicyclic) bond motifs is 2. The lowest BCUT2D eigenvalue weighted by atomic mass is 10.0. The highest BCUT2D eigenvalue weighted by molar-refractivity contribution is 5.98. The number of nitrogens with one attached hydrogen (secondary N) is 1. The number of methoxy groups -OCH3 is 1. The number of benzene rings is 1. The minimum absolute atomic E-state index is 0.173. The SMILES string of the molecule is COC(=O)c1ccc2c(c1)cc(C1C=Cc3c[nH]nc31)n2C(N)=O.